The van der Waals surface area contributed by atoms with Crippen LogP contribution in [0.4, 0.5) is 0 Å². The third-order valence-corrected chi connectivity index (χ3v) is 1.67. The highest BCUT2D eigenvalue weighted by Crippen LogP contribution is 2.17. The first-order valence-electron chi connectivity index (χ1n) is 4.24. The molecule has 3 nitrogen and oxygen atoms in total. The van der Waals surface area contributed by atoms with Crippen LogP contribution in [0.5, 0.6) is 5.75 Å². The zero-order valence-corrected chi connectivity index (χ0v) is 8.84. The molecule has 4 heteroatoms. The third-order valence-electron chi connectivity index (χ3n) is 1.67. The summed E-state index contributed by atoms with van der Waals surface area (Å²) in [6, 6.07) is 7.12. The van der Waals surface area contributed by atoms with Crippen molar-refractivity contribution in [3.8, 4) is 5.75 Å². The molecule has 0 radical (unpaired) electrons. The summed E-state index contributed by atoms with van der Waals surface area (Å²) in [7, 11) is 0. The van der Waals surface area contributed by atoms with Crippen LogP contribution in [0.1, 0.15) is 17.3 Å². The number of benzene rings is 1. The Bertz CT molecular complexity index is 302. The Morgan fingerprint density at radius 2 is 2.07 bits per heavy atom. The highest BCUT2D eigenvalue weighted by Gasteiger charge is 2.08. The molecule has 0 fully saturated rings. The van der Waals surface area contributed by atoms with E-state index in [2.05, 4.69) is 0 Å². The molecule has 0 amide bonds. The first-order chi connectivity index (χ1) is 6.29. The number of halogens is 1. The minimum absolute atomic E-state index is 0. The molecule has 0 spiro atoms. The summed E-state index contributed by atoms with van der Waals surface area (Å²) in [6.07, 6.45) is 0. The van der Waals surface area contributed by atoms with Gasteiger partial charge in [0.25, 0.3) is 0 Å². The zero-order valence-electron chi connectivity index (χ0n) is 8.03. The van der Waals surface area contributed by atoms with E-state index in [1.54, 1.807) is 18.2 Å². The van der Waals surface area contributed by atoms with E-state index in [9.17, 15) is 4.79 Å². The van der Waals surface area contributed by atoms with Gasteiger partial charge in [-0.3, -0.25) is 4.79 Å². The number of hydrogen-bond acceptors (Lipinski definition) is 3. The fraction of sp³-hybridized carbons (Fsp3) is 0.300. The number of ether oxygens (including phenoxy) is 1. The van der Waals surface area contributed by atoms with Crippen LogP contribution < -0.4 is 10.5 Å². The van der Waals surface area contributed by atoms with Gasteiger partial charge in [-0.05, 0) is 19.1 Å². The number of Topliss-reactive ketones (excluding diaryl/α,β-unsaturated/α-hetero) is 1. The van der Waals surface area contributed by atoms with E-state index in [4.69, 9.17) is 10.5 Å². The van der Waals surface area contributed by atoms with Crippen LogP contribution in [0.2, 0.25) is 0 Å². The summed E-state index contributed by atoms with van der Waals surface area (Å²) in [5, 5.41) is 0. The summed E-state index contributed by atoms with van der Waals surface area (Å²) in [5.74, 6) is 0.518. The first kappa shape index (κ1) is 12.9. The number of para-hydroxylation sites is 1. The number of rotatable bonds is 4. The molecule has 0 aliphatic carbocycles. The monoisotopic (exact) mass is 215 g/mol. The molecule has 0 aliphatic rings. The van der Waals surface area contributed by atoms with Crippen LogP contribution in [0.15, 0.2) is 24.3 Å². The quantitative estimate of drug-likeness (QED) is 0.778. The zero-order chi connectivity index (χ0) is 9.68. The molecule has 1 rings (SSSR count). The van der Waals surface area contributed by atoms with Gasteiger partial charge in [0, 0.05) is 0 Å². The average Bonchev–Trinajstić information content (AvgIpc) is 2.18. The van der Waals surface area contributed by atoms with Gasteiger partial charge in [0.05, 0.1) is 18.7 Å². The topological polar surface area (TPSA) is 52.3 Å². The SMILES string of the molecule is CCOc1ccccc1C(=O)CN.Cl. The number of hydrogen-bond donors (Lipinski definition) is 1. The predicted octanol–water partition coefficient (Wildman–Crippen LogP) is 1.65. The molecule has 0 aliphatic heterocycles. The van der Waals surface area contributed by atoms with Crippen molar-refractivity contribution in [2.45, 2.75) is 6.92 Å². The first-order valence-corrected chi connectivity index (χ1v) is 4.24. The Hall–Kier alpha value is -1.06. The molecule has 0 bridgehead atoms. The van der Waals surface area contributed by atoms with Crippen molar-refractivity contribution in [3.05, 3.63) is 29.8 Å². The molecule has 1 aromatic rings. The standard InChI is InChI=1S/C10H13NO2.ClH/c1-2-13-10-6-4-3-5-8(10)9(12)7-11;/h3-6H,2,7,11H2,1H3;1H. The molecule has 0 saturated carbocycles. The fourth-order valence-electron chi connectivity index (χ4n) is 1.09. The summed E-state index contributed by atoms with van der Waals surface area (Å²) in [4.78, 5) is 11.3. The molecule has 0 unspecified atom stereocenters. The van der Waals surface area contributed by atoms with Crippen molar-refractivity contribution in [1.82, 2.24) is 0 Å². The molecular weight excluding hydrogens is 202 g/mol. The van der Waals surface area contributed by atoms with Crippen LogP contribution in [0, 0.1) is 0 Å². The average molecular weight is 216 g/mol. The molecule has 0 heterocycles. The lowest BCUT2D eigenvalue weighted by molar-refractivity contribution is 0.0998. The van der Waals surface area contributed by atoms with Crippen LogP contribution in [-0.2, 0) is 0 Å². The lowest BCUT2D eigenvalue weighted by atomic mass is 10.1. The van der Waals surface area contributed by atoms with Gasteiger partial charge < -0.3 is 10.5 Å². The van der Waals surface area contributed by atoms with Crippen LogP contribution in [0.25, 0.3) is 0 Å². The van der Waals surface area contributed by atoms with Crippen LogP contribution in [-0.4, -0.2) is 18.9 Å². The van der Waals surface area contributed by atoms with Crippen molar-refractivity contribution in [2.24, 2.45) is 5.73 Å². The van der Waals surface area contributed by atoms with Gasteiger partial charge in [0.1, 0.15) is 5.75 Å². The molecule has 0 saturated heterocycles. The van der Waals surface area contributed by atoms with Gasteiger partial charge in [0.15, 0.2) is 5.78 Å². The number of ketones is 1. The van der Waals surface area contributed by atoms with Crippen molar-refractivity contribution in [2.75, 3.05) is 13.2 Å². The number of nitrogens with two attached hydrogens (primary N) is 1. The second kappa shape index (κ2) is 6.40. The Labute approximate surface area is 89.7 Å². The smallest absolute Gasteiger partial charge is 0.180 e. The summed E-state index contributed by atoms with van der Waals surface area (Å²) < 4.78 is 5.28. The molecule has 0 aromatic heterocycles. The van der Waals surface area contributed by atoms with Gasteiger partial charge in [-0.25, -0.2) is 0 Å². The minimum Gasteiger partial charge on any atom is -0.493 e. The highest BCUT2D eigenvalue weighted by molar-refractivity contribution is 5.99. The second-order valence-corrected chi connectivity index (χ2v) is 2.56. The maximum atomic E-state index is 11.3. The van der Waals surface area contributed by atoms with E-state index in [1.165, 1.54) is 0 Å². The lowest BCUT2D eigenvalue weighted by Crippen LogP contribution is -2.14. The Balaban J connectivity index is 0.00000169. The van der Waals surface area contributed by atoms with Gasteiger partial charge in [-0.15, -0.1) is 12.4 Å². The van der Waals surface area contributed by atoms with Crippen LogP contribution >= 0.6 is 12.4 Å². The third kappa shape index (κ3) is 3.01. The maximum absolute atomic E-state index is 11.3. The van der Waals surface area contributed by atoms with E-state index in [0.717, 1.165) is 0 Å². The van der Waals surface area contributed by atoms with E-state index >= 15 is 0 Å². The maximum Gasteiger partial charge on any atom is 0.180 e. The molecule has 78 valence electrons. The van der Waals surface area contributed by atoms with Gasteiger partial charge in [0.2, 0.25) is 0 Å². The van der Waals surface area contributed by atoms with Gasteiger partial charge >= 0.3 is 0 Å². The highest BCUT2D eigenvalue weighted by atomic mass is 35.5. The Morgan fingerprint density at radius 3 is 2.64 bits per heavy atom. The van der Waals surface area contributed by atoms with E-state index in [0.29, 0.717) is 17.9 Å². The van der Waals surface area contributed by atoms with Gasteiger partial charge in [-0.1, -0.05) is 12.1 Å². The van der Waals surface area contributed by atoms with Crippen molar-refractivity contribution >= 4 is 18.2 Å². The Kier molecular flexibility index (Phi) is 5.92. The molecule has 0 atom stereocenters. The predicted molar refractivity (Wildman–Crippen MR) is 58.2 cm³/mol. The molecule has 2 N–H and O–H groups in total. The largest absolute Gasteiger partial charge is 0.493 e. The lowest BCUT2D eigenvalue weighted by Gasteiger charge is -2.07. The fourth-order valence-corrected chi connectivity index (χ4v) is 1.09. The molecule has 1 aromatic carbocycles. The summed E-state index contributed by atoms with van der Waals surface area (Å²) in [5.41, 5.74) is 5.83. The Morgan fingerprint density at radius 1 is 1.43 bits per heavy atom. The van der Waals surface area contributed by atoms with Crippen molar-refractivity contribution in [3.63, 3.8) is 0 Å². The summed E-state index contributed by atoms with van der Waals surface area (Å²) in [6.45, 7) is 2.45. The molecule has 14 heavy (non-hydrogen) atoms. The van der Waals surface area contributed by atoms with E-state index < -0.39 is 0 Å². The number of carbonyl (C=O) groups excluding carboxylic acids is 1. The molecular formula is C10H14ClNO2. The normalized spacial score (nSPS) is 9.00. The number of carbonyl (C=O) groups is 1. The minimum atomic E-state index is -0.0935. The van der Waals surface area contributed by atoms with E-state index in [1.807, 2.05) is 13.0 Å². The second-order valence-electron chi connectivity index (χ2n) is 2.56. The van der Waals surface area contributed by atoms with E-state index in [-0.39, 0.29) is 24.7 Å². The van der Waals surface area contributed by atoms with Crippen molar-refractivity contribution < 1.29 is 9.53 Å². The van der Waals surface area contributed by atoms with Crippen LogP contribution in [0.3, 0.4) is 0 Å². The van der Waals surface area contributed by atoms with Crippen molar-refractivity contribution in [1.29, 1.82) is 0 Å². The van der Waals surface area contributed by atoms with Gasteiger partial charge in [-0.2, -0.15) is 0 Å². The summed E-state index contributed by atoms with van der Waals surface area (Å²) >= 11 is 0.